The maximum absolute atomic E-state index is 13.1. The highest BCUT2D eigenvalue weighted by molar-refractivity contribution is 7.12. The number of nitrogens with one attached hydrogen (secondary N) is 1. The van der Waals surface area contributed by atoms with Gasteiger partial charge in [-0.1, -0.05) is 18.2 Å². The SMILES string of the molecule is Cc1cc(C(=O)CN2C(=O)N[C@]3(CCOc4ccccc43)C2=O)c(C)s1. The van der Waals surface area contributed by atoms with E-state index in [9.17, 15) is 14.4 Å². The number of thiophene rings is 1. The molecule has 2 aliphatic rings. The van der Waals surface area contributed by atoms with Crippen molar-refractivity contribution in [2.75, 3.05) is 13.2 Å². The highest BCUT2D eigenvalue weighted by Gasteiger charge is 2.55. The Balaban J connectivity index is 1.65. The van der Waals surface area contributed by atoms with Gasteiger partial charge in [0.25, 0.3) is 5.91 Å². The van der Waals surface area contributed by atoms with Crippen molar-refractivity contribution in [3.8, 4) is 5.75 Å². The molecule has 3 amide bonds. The number of fused-ring (bicyclic) bond motifs is 2. The Kier molecular flexibility index (Phi) is 3.84. The van der Waals surface area contributed by atoms with E-state index < -0.39 is 17.5 Å². The molecular weight excluding hydrogens is 352 g/mol. The number of nitrogens with zero attached hydrogens (tertiary/aromatic N) is 1. The van der Waals surface area contributed by atoms with E-state index in [1.807, 2.05) is 19.9 Å². The first kappa shape index (κ1) is 16.8. The molecule has 1 aromatic heterocycles. The van der Waals surface area contributed by atoms with Gasteiger partial charge in [0, 0.05) is 27.3 Å². The summed E-state index contributed by atoms with van der Waals surface area (Å²) < 4.78 is 5.61. The molecule has 1 aromatic carbocycles. The van der Waals surface area contributed by atoms with Gasteiger partial charge in [0.1, 0.15) is 5.75 Å². The summed E-state index contributed by atoms with van der Waals surface area (Å²) in [5.74, 6) is -0.0335. The van der Waals surface area contributed by atoms with Gasteiger partial charge in [-0.15, -0.1) is 11.3 Å². The highest BCUT2D eigenvalue weighted by atomic mass is 32.1. The summed E-state index contributed by atoms with van der Waals surface area (Å²) in [4.78, 5) is 41.3. The quantitative estimate of drug-likeness (QED) is 0.666. The minimum absolute atomic E-state index is 0.229. The molecule has 0 aliphatic carbocycles. The van der Waals surface area contributed by atoms with E-state index in [2.05, 4.69) is 5.32 Å². The second-order valence-corrected chi connectivity index (χ2v) is 8.03. The summed E-state index contributed by atoms with van der Waals surface area (Å²) in [6.07, 6.45) is 0.343. The first-order valence-electron chi connectivity index (χ1n) is 8.39. The van der Waals surface area contributed by atoms with Crippen LogP contribution in [0.3, 0.4) is 0 Å². The van der Waals surface area contributed by atoms with E-state index in [-0.39, 0.29) is 12.3 Å². The molecule has 3 heterocycles. The lowest BCUT2D eigenvalue weighted by Crippen LogP contribution is -2.47. The zero-order valence-corrected chi connectivity index (χ0v) is 15.3. The highest BCUT2D eigenvalue weighted by Crippen LogP contribution is 2.41. The predicted octanol–water partition coefficient (Wildman–Crippen LogP) is 2.78. The van der Waals surface area contributed by atoms with Crippen molar-refractivity contribution in [1.82, 2.24) is 10.2 Å². The zero-order valence-electron chi connectivity index (χ0n) is 14.5. The Morgan fingerprint density at radius 3 is 2.81 bits per heavy atom. The number of para-hydroxylation sites is 1. The Morgan fingerprint density at radius 2 is 2.08 bits per heavy atom. The smallest absolute Gasteiger partial charge is 0.325 e. The molecule has 4 rings (SSSR count). The molecule has 26 heavy (non-hydrogen) atoms. The lowest BCUT2D eigenvalue weighted by molar-refractivity contribution is -0.132. The molecular formula is C19H18N2O4S. The number of rotatable bonds is 3. The fourth-order valence-electron chi connectivity index (χ4n) is 3.65. The molecule has 2 aromatic rings. The van der Waals surface area contributed by atoms with Crippen LogP contribution in [0.15, 0.2) is 30.3 Å². The number of urea groups is 1. The van der Waals surface area contributed by atoms with Gasteiger partial charge in [-0.2, -0.15) is 0 Å². The molecule has 1 spiro atoms. The van der Waals surface area contributed by atoms with Crippen LogP contribution in [0.1, 0.15) is 32.1 Å². The molecule has 7 heteroatoms. The third-order valence-corrected chi connectivity index (χ3v) is 5.87. The molecule has 0 radical (unpaired) electrons. The number of carbonyl (C=O) groups is 3. The maximum Gasteiger partial charge on any atom is 0.325 e. The van der Waals surface area contributed by atoms with Crippen molar-refractivity contribution in [1.29, 1.82) is 0 Å². The van der Waals surface area contributed by atoms with Crippen LogP contribution in [-0.4, -0.2) is 35.8 Å². The van der Waals surface area contributed by atoms with E-state index in [4.69, 9.17) is 4.74 Å². The van der Waals surface area contributed by atoms with Crippen LogP contribution in [0.2, 0.25) is 0 Å². The molecule has 1 atom stereocenters. The van der Waals surface area contributed by atoms with Gasteiger partial charge < -0.3 is 10.1 Å². The Morgan fingerprint density at radius 1 is 1.31 bits per heavy atom. The van der Waals surface area contributed by atoms with Crippen molar-refractivity contribution in [3.05, 3.63) is 51.2 Å². The summed E-state index contributed by atoms with van der Waals surface area (Å²) in [5.41, 5.74) is 0.0646. The number of amides is 3. The average Bonchev–Trinajstić information content (AvgIpc) is 3.07. The summed E-state index contributed by atoms with van der Waals surface area (Å²) in [6.45, 7) is 3.86. The Hall–Kier alpha value is -2.67. The van der Waals surface area contributed by atoms with E-state index in [0.29, 0.717) is 29.9 Å². The molecule has 0 bridgehead atoms. The number of carbonyl (C=O) groups excluding carboxylic acids is 3. The first-order valence-corrected chi connectivity index (χ1v) is 9.21. The van der Waals surface area contributed by atoms with Gasteiger partial charge in [-0.3, -0.25) is 14.5 Å². The van der Waals surface area contributed by atoms with Gasteiger partial charge in [-0.25, -0.2) is 4.79 Å². The summed E-state index contributed by atoms with van der Waals surface area (Å²) in [7, 11) is 0. The van der Waals surface area contributed by atoms with Crippen LogP contribution in [0.25, 0.3) is 0 Å². The van der Waals surface area contributed by atoms with Gasteiger partial charge in [0.2, 0.25) is 0 Å². The van der Waals surface area contributed by atoms with Crippen LogP contribution < -0.4 is 10.1 Å². The summed E-state index contributed by atoms with van der Waals surface area (Å²) in [6, 6.07) is 8.46. The number of Topliss-reactive ketones (excluding diaryl/α,β-unsaturated/α-hetero) is 1. The van der Waals surface area contributed by atoms with Crippen molar-refractivity contribution >= 4 is 29.1 Å². The number of ketones is 1. The number of hydrogen-bond donors (Lipinski definition) is 1. The molecule has 0 saturated carbocycles. The lowest BCUT2D eigenvalue weighted by atomic mass is 9.84. The molecule has 0 unspecified atom stereocenters. The first-order chi connectivity index (χ1) is 12.4. The third kappa shape index (κ3) is 2.42. The second-order valence-electron chi connectivity index (χ2n) is 6.57. The molecule has 134 valence electrons. The largest absolute Gasteiger partial charge is 0.493 e. The number of hydrogen-bond acceptors (Lipinski definition) is 5. The average molecular weight is 370 g/mol. The van der Waals surface area contributed by atoms with E-state index >= 15 is 0 Å². The van der Waals surface area contributed by atoms with Crippen LogP contribution in [0.5, 0.6) is 5.75 Å². The summed E-state index contributed by atoms with van der Waals surface area (Å²) in [5, 5.41) is 2.81. The fourth-order valence-corrected chi connectivity index (χ4v) is 4.59. The van der Waals surface area contributed by atoms with Gasteiger partial charge in [0.05, 0.1) is 13.2 Å². The van der Waals surface area contributed by atoms with Crippen LogP contribution in [-0.2, 0) is 10.3 Å². The van der Waals surface area contributed by atoms with E-state index in [1.54, 1.807) is 24.3 Å². The van der Waals surface area contributed by atoms with E-state index in [1.165, 1.54) is 11.3 Å². The number of aryl methyl sites for hydroxylation is 2. The van der Waals surface area contributed by atoms with Crippen molar-refractivity contribution in [2.45, 2.75) is 25.8 Å². The van der Waals surface area contributed by atoms with E-state index in [0.717, 1.165) is 14.7 Å². The van der Waals surface area contributed by atoms with Crippen LogP contribution in [0, 0.1) is 13.8 Å². The topological polar surface area (TPSA) is 75.7 Å². The van der Waals surface area contributed by atoms with Crippen molar-refractivity contribution < 1.29 is 19.1 Å². The second kappa shape index (κ2) is 5.95. The standard InChI is InChI=1S/C19H18N2O4S/c1-11-9-13(12(2)26-11)15(22)10-21-17(23)19(20-18(21)24)7-8-25-16-6-4-3-5-14(16)19/h3-6,9H,7-8,10H2,1-2H3,(H,20,24)/t19-/m0/s1. The fraction of sp³-hybridized carbons (Fsp3) is 0.316. The predicted molar refractivity (Wildman–Crippen MR) is 96.6 cm³/mol. The van der Waals surface area contributed by atoms with Crippen LogP contribution >= 0.6 is 11.3 Å². The zero-order chi connectivity index (χ0) is 18.5. The molecule has 6 nitrogen and oxygen atoms in total. The minimum atomic E-state index is -1.15. The maximum atomic E-state index is 13.1. The minimum Gasteiger partial charge on any atom is -0.493 e. The van der Waals surface area contributed by atoms with Crippen molar-refractivity contribution in [3.63, 3.8) is 0 Å². The normalized spacial score (nSPS) is 21.5. The molecule has 1 N–H and O–H groups in total. The number of benzene rings is 1. The molecule has 1 fully saturated rings. The third-order valence-electron chi connectivity index (χ3n) is 4.90. The van der Waals surface area contributed by atoms with Gasteiger partial charge in [0.15, 0.2) is 11.3 Å². The lowest BCUT2D eigenvalue weighted by Gasteiger charge is -2.33. The Bertz CT molecular complexity index is 935. The molecule has 1 saturated heterocycles. The van der Waals surface area contributed by atoms with Crippen molar-refractivity contribution in [2.24, 2.45) is 0 Å². The number of imide groups is 1. The van der Waals surface area contributed by atoms with Crippen LogP contribution in [0.4, 0.5) is 4.79 Å². The Labute approximate surface area is 154 Å². The monoisotopic (exact) mass is 370 g/mol. The van der Waals surface area contributed by atoms with Gasteiger partial charge >= 0.3 is 6.03 Å². The number of ether oxygens (including phenoxy) is 1. The summed E-state index contributed by atoms with van der Waals surface area (Å²) >= 11 is 1.53. The van der Waals surface area contributed by atoms with Gasteiger partial charge in [-0.05, 0) is 26.0 Å². The molecule has 2 aliphatic heterocycles.